The van der Waals surface area contributed by atoms with Crippen molar-refractivity contribution in [2.24, 2.45) is 5.92 Å². The number of amides is 2. The number of hydrogen-bond acceptors (Lipinski definition) is 5. The molecule has 1 aromatic heterocycles. The number of carbonyl (C=O) groups excluding carboxylic acids is 2. The molecule has 0 unspecified atom stereocenters. The number of carbonyl (C=O) groups is 2. The van der Waals surface area contributed by atoms with Crippen molar-refractivity contribution < 1.29 is 9.59 Å². The number of nitrogens with one attached hydrogen (secondary N) is 2. The summed E-state index contributed by atoms with van der Waals surface area (Å²) in [5.41, 5.74) is 0.615. The van der Waals surface area contributed by atoms with Gasteiger partial charge in [0.25, 0.3) is 0 Å². The largest absolute Gasteiger partial charge is 0.325 e. The van der Waals surface area contributed by atoms with E-state index >= 15 is 0 Å². The van der Waals surface area contributed by atoms with Gasteiger partial charge in [-0.1, -0.05) is 23.7 Å². The average molecular weight is 388 g/mol. The van der Waals surface area contributed by atoms with Crippen LogP contribution in [-0.4, -0.2) is 46.3 Å². The molecule has 8 heteroatoms. The van der Waals surface area contributed by atoms with Crippen molar-refractivity contribution in [3.05, 3.63) is 47.9 Å². The van der Waals surface area contributed by atoms with Gasteiger partial charge < -0.3 is 15.5 Å². The smallest absolute Gasteiger partial charge is 0.229 e. The summed E-state index contributed by atoms with van der Waals surface area (Å²) in [7, 11) is 0. The molecule has 0 bridgehead atoms. The molecule has 2 aromatic rings. The minimum absolute atomic E-state index is 0.0549. The second kappa shape index (κ2) is 9.43. The van der Waals surface area contributed by atoms with Crippen LogP contribution in [0.4, 0.5) is 11.5 Å². The highest BCUT2D eigenvalue weighted by atomic mass is 35.5. The van der Waals surface area contributed by atoms with Gasteiger partial charge in [-0.3, -0.25) is 14.6 Å². The molecule has 2 amide bonds. The lowest BCUT2D eigenvalue weighted by Gasteiger charge is -2.31. The van der Waals surface area contributed by atoms with Crippen molar-refractivity contribution >= 4 is 34.9 Å². The summed E-state index contributed by atoms with van der Waals surface area (Å²) in [6.07, 6.45) is 6.73. The highest BCUT2D eigenvalue weighted by Gasteiger charge is 2.26. The molecule has 1 saturated heterocycles. The summed E-state index contributed by atoms with van der Waals surface area (Å²) in [6, 6.07) is 7.15. The van der Waals surface area contributed by atoms with Crippen molar-refractivity contribution in [3.63, 3.8) is 0 Å². The molecule has 142 valence electrons. The zero-order chi connectivity index (χ0) is 19.1. The molecule has 1 aromatic carbocycles. The number of rotatable bonds is 6. The van der Waals surface area contributed by atoms with Crippen molar-refractivity contribution in [3.8, 4) is 0 Å². The van der Waals surface area contributed by atoms with E-state index in [9.17, 15) is 9.59 Å². The summed E-state index contributed by atoms with van der Waals surface area (Å²) >= 11 is 6.06. The number of likely N-dealkylation sites (tertiary alicyclic amines) is 1. The van der Waals surface area contributed by atoms with E-state index in [2.05, 4.69) is 25.5 Å². The Hall–Kier alpha value is -2.51. The van der Waals surface area contributed by atoms with Gasteiger partial charge in [0, 0.05) is 31.9 Å². The number of nitrogens with zero attached hydrogens (tertiary/aromatic N) is 3. The second-order valence-electron chi connectivity index (χ2n) is 6.50. The molecule has 2 heterocycles. The van der Waals surface area contributed by atoms with Crippen molar-refractivity contribution in [1.82, 2.24) is 14.9 Å². The summed E-state index contributed by atoms with van der Waals surface area (Å²) in [5, 5.41) is 6.15. The maximum Gasteiger partial charge on any atom is 0.229 e. The normalized spacial score (nSPS) is 17.3. The summed E-state index contributed by atoms with van der Waals surface area (Å²) in [5.74, 6) is 0.195. The average Bonchev–Trinajstić information content (AvgIpc) is 2.69. The Bertz CT molecular complexity index is 787. The number of anilines is 2. The predicted molar refractivity (Wildman–Crippen MR) is 105 cm³/mol. The van der Waals surface area contributed by atoms with Gasteiger partial charge in [-0.2, -0.15) is 0 Å². The fourth-order valence-electron chi connectivity index (χ4n) is 3.10. The quantitative estimate of drug-likeness (QED) is 0.795. The molecule has 0 spiro atoms. The Labute approximate surface area is 163 Å². The zero-order valence-electron chi connectivity index (χ0n) is 14.9. The van der Waals surface area contributed by atoms with Gasteiger partial charge in [-0.05, 0) is 31.5 Å². The van der Waals surface area contributed by atoms with Gasteiger partial charge in [0.1, 0.15) is 0 Å². The molecular formula is C19H22ClN5O2. The van der Waals surface area contributed by atoms with Crippen LogP contribution in [0.2, 0.25) is 5.02 Å². The lowest BCUT2D eigenvalue weighted by molar-refractivity contribution is -0.121. The fraction of sp³-hybridized carbons (Fsp3) is 0.368. The number of para-hydroxylation sites is 1. The molecule has 0 radical (unpaired) electrons. The summed E-state index contributed by atoms with van der Waals surface area (Å²) in [6.45, 7) is 2.12. The van der Waals surface area contributed by atoms with E-state index in [0.717, 1.165) is 19.4 Å². The lowest BCUT2D eigenvalue weighted by Crippen LogP contribution is -2.41. The van der Waals surface area contributed by atoms with Crippen molar-refractivity contribution in [1.29, 1.82) is 0 Å². The van der Waals surface area contributed by atoms with Gasteiger partial charge in [0.2, 0.25) is 11.8 Å². The molecule has 1 fully saturated rings. The molecule has 0 saturated carbocycles. The Morgan fingerprint density at radius 2 is 2.07 bits per heavy atom. The van der Waals surface area contributed by atoms with E-state index in [4.69, 9.17) is 11.6 Å². The SMILES string of the molecule is O=C(CCN1CCC[C@H](C(=O)Nc2cnccn2)C1)Nc1ccccc1Cl. The molecule has 1 aliphatic rings. The van der Waals surface area contributed by atoms with E-state index in [0.29, 0.717) is 36.0 Å². The van der Waals surface area contributed by atoms with Crippen molar-refractivity contribution in [2.45, 2.75) is 19.3 Å². The Morgan fingerprint density at radius 3 is 2.85 bits per heavy atom. The van der Waals surface area contributed by atoms with Crippen LogP contribution in [-0.2, 0) is 9.59 Å². The van der Waals surface area contributed by atoms with Gasteiger partial charge in [-0.15, -0.1) is 0 Å². The molecule has 0 aliphatic carbocycles. The second-order valence-corrected chi connectivity index (χ2v) is 6.90. The maximum atomic E-state index is 12.4. The lowest BCUT2D eigenvalue weighted by atomic mass is 9.97. The van der Waals surface area contributed by atoms with E-state index in [1.165, 1.54) is 6.20 Å². The molecule has 2 N–H and O–H groups in total. The number of piperidine rings is 1. The van der Waals surface area contributed by atoms with Gasteiger partial charge in [0.05, 0.1) is 22.8 Å². The first-order valence-corrected chi connectivity index (χ1v) is 9.33. The molecule has 27 heavy (non-hydrogen) atoms. The van der Waals surface area contributed by atoms with Crippen LogP contribution >= 0.6 is 11.6 Å². The Balaban J connectivity index is 1.46. The third kappa shape index (κ3) is 5.74. The first-order chi connectivity index (χ1) is 13.1. The van der Waals surface area contributed by atoms with Crippen LogP contribution in [0.5, 0.6) is 0 Å². The van der Waals surface area contributed by atoms with Crippen LogP contribution in [0, 0.1) is 5.92 Å². The van der Waals surface area contributed by atoms with Crippen LogP contribution < -0.4 is 10.6 Å². The zero-order valence-corrected chi connectivity index (χ0v) is 15.7. The van der Waals surface area contributed by atoms with Crippen LogP contribution in [0.1, 0.15) is 19.3 Å². The molecule has 1 atom stereocenters. The number of aromatic nitrogens is 2. The minimum atomic E-state index is -0.118. The van der Waals surface area contributed by atoms with E-state index in [1.807, 2.05) is 12.1 Å². The number of halogens is 1. The topological polar surface area (TPSA) is 87.2 Å². The molecular weight excluding hydrogens is 366 g/mol. The molecule has 3 rings (SSSR count). The van der Waals surface area contributed by atoms with Crippen molar-refractivity contribution in [2.75, 3.05) is 30.3 Å². The highest BCUT2D eigenvalue weighted by molar-refractivity contribution is 6.33. The first-order valence-electron chi connectivity index (χ1n) is 8.95. The minimum Gasteiger partial charge on any atom is -0.325 e. The van der Waals surface area contributed by atoms with E-state index in [-0.39, 0.29) is 17.7 Å². The Morgan fingerprint density at radius 1 is 1.22 bits per heavy atom. The fourth-order valence-corrected chi connectivity index (χ4v) is 3.28. The summed E-state index contributed by atoms with van der Waals surface area (Å²) in [4.78, 5) is 34.8. The number of hydrogen-bond donors (Lipinski definition) is 2. The third-order valence-corrected chi connectivity index (χ3v) is 4.82. The third-order valence-electron chi connectivity index (χ3n) is 4.49. The van der Waals surface area contributed by atoms with E-state index in [1.54, 1.807) is 24.5 Å². The Kier molecular flexibility index (Phi) is 6.73. The maximum absolute atomic E-state index is 12.4. The first kappa shape index (κ1) is 19.3. The van der Waals surface area contributed by atoms with Crippen LogP contribution in [0.3, 0.4) is 0 Å². The monoisotopic (exact) mass is 387 g/mol. The van der Waals surface area contributed by atoms with Gasteiger partial charge in [-0.25, -0.2) is 4.98 Å². The van der Waals surface area contributed by atoms with Crippen LogP contribution in [0.25, 0.3) is 0 Å². The standard InChI is InChI=1S/C19H22ClN5O2/c20-15-5-1-2-6-16(15)23-18(26)7-11-25-10-3-4-14(13-25)19(27)24-17-12-21-8-9-22-17/h1-2,5-6,8-9,12,14H,3-4,7,10-11,13H2,(H,23,26)(H,22,24,27)/t14-/m0/s1. The van der Waals surface area contributed by atoms with Gasteiger partial charge in [0.15, 0.2) is 5.82 Å². The highest BCUT2D eigenvalue weighted by Crippen LogP contribution is 2.21. The summed E-state index contributed by atoms with van der Waals surface area (Å²) < 4.78 is 0. The molecule has 7 nitrogen and oxygen atoms in total. The molecule has 1 aliphatic heterocycles. The van der Waals surface area contributed by atoms with Gasteiger partial charge >= 0.3 is 0 Å². The number of benzene rings is 1. The van der Waals surface area contributed by atoms with Crippen LogP contribution in [0.15, 0.2) is 42.9 Å². The predicted octanol–water partition coefficient (Wildman–Crippen LogP) is 2.81. The van der Waals surface area contributed by atoms with E-state index < -0.39 is 0 Å².